The van der Waals surface area contributed by atoms with Crippen molar-refractivity contribution in [1.82, 2.24) is 34.4 Å². The minimum Gasteiger partial charge on any atom is -0.480 e. The van der Waals surface area contributed by atoms with Crippen LogP contribution in [0.25, 0.3) is 17.0 Å². The highest BCUT2D eigenvalue weighted by Crippen LogP contribution is 2.17. The fourth-order valence-corrected chi connectivity index (χ4v) is 3.41. The Morgan fingerprint density at radius 2 is 1.92 bits per heavy atom. The number of carboxylic acid groups (broad SMARTS) is 1. The van der Waals surface area contributed by atoms with E-state index < -0.39 is 18.1 Å². The highest BCUT2D eigenvalue weighted by Gasteiger charge is 2.23. The van der Waals surface area contributed by atoms with Crippen molar-refractivity contribution in [2.45, 2.75) is 25.6 Å². The van der Waals surface area contributed by atoms with Crippen molar-refractivity contribution in [3.8, 4) is 5.82 Å². The summed E-state index contributed by atoms with van der Waals surface area (Å²) in [6, 6.07) is 7.83. The molecule has 14 nitrogen and oxygen atoms in total. The molecule has 0 aliphatic rings. The van der Waals surface area contributed by atoms with Crippen LogP contribution in [-0.2, 0) is 29.1 Å². The van der Waals surface area contributed by atoms with Gasteiger partial charge in [0, 0.05) is 19.2 Å². The molecule has 0 aliphatic carbocycles. The molecule has 0 saturated carbocycles. The molecule has 0 unspecified atom stereocenters. The van der Waals surface area contributed by atoms with Crippen LogP contribution in [0.3, 0.4) is 0 Å². The molecule has 6 N–H and O–H groups in total. The summed E-state index contributed by atoms with van der Waals surface area (Å²) in [5.41, 5.74) is 13.0. The Kier molecular flexibility index (Phi) is 7.33. The lowest BCUT2D eigenvalue weighted by molar-refractivity contribution is -0.139. The Morgan fingerprint density at radius 1 is 1.11 bits per heavy atom. The fraction of sp³-hybridized carbons (Fsp3) is 0.227. The zero-order valence-electron chi connectivity index (χ0n) is 19.1. The number of guanidine groups is 1. The number of carbonyl (C=O) groups excluding carboxylic acids is 1. The minimum atomic E-state index is -1.24. The summed E-state index contributed by atoms with van der Waals surface area (Å²) in [6.45, 7) is 0.849. The summed E-state index contributed by atoms with van der Waals surface area (Å²) in [5, 5.41) is 11.9. The van der Waals surface area contributed by atoms with Crippen LogP contribution >= 0.6 is 0 Å². The number of nitrogens with two attached hydrogens (primary N) is 2. The van der Waals surface area contributed by atoms with Gasteiger partial charge in [0.05, 0.1) is 18.6 Å². The van der Waals surface area contributed by atoms with Gasteiger partial charge < -0.3 is 31.2 Å². The molecule has 4 rings (SSSR count). The predicted octanol–water partition coefficient (Wildman–Crippen LogP) is 0.208. The van der Waals surface area contributed by atoms with Crippen LogP contribution in [0.2, 0.25) is 0 Å². The van der Waals surface area contributed by atoms with Crippen LogP contribution in [0.1, 0.15) is 11.3 Å². The predicted molar refractivity (Wildman–Crippen MR) is 128 cm³/mol. The number of aliphatic carboxylic acids is 1. The zero-order valence-corrected chi connectivity index (χ0v) is 19.1. The van der Waals surface area contributed by atoms with Gasteiger partial charge in [0.25, 0.3) is 0 Å². The second-order valence-electron chi connectivity index (χ2n) is 7.69. The first-order valence-corrected chi connectivity index (χ1v) is 10.8. The minimum absolute atomic E-state index is 0.000655. The van der Waals surface area contributed by atoms with E-state index in [2.05, 4.69) is 30.2 Å². The summed E-state index contributed by atoms with van der Waals surface area (Å²) in [5.74, 6) is -0.758. The number of hydrogen-bond donors (Lipinski definition) is 4. The molecule has 3 aromatic heterocycles. The third kappa shape index (κ3) is 5.91. The van der Waals surface area contributed by atoms with Gasteiger partial charge in [-0.15, -0.1) is 0 Å². The van der Waals surface area contributed by atoms with E-state index in [0.29, 0.717) is 35.8 Å². The number of rotatable bonds is 10. The molecular weight excluding hydrogens is 468 g/mol. The van der Waals surface area contributed by atoms with Gasteiger partial charge in [-0.05, 0) is 5.56 Å². The average Bonchev–Trinajstić information content (AvgIpc) is 3.50. The topological polar surface area (TPSA) is 201 Å². The number of aliphatic imine (C=N–C) groups is 1. The Balaban J connectivity index is 1.43. The van der Waals surface area contributed by atoms with Crippen LogP contribution in [0.15, 0.2) is 60.5 Å². The number of benzene rings is 1. The number of alkyl carbamates (subject to hydrolysis) is 1. The highest BCUT2D eigenvalue weighted by molar-refractivity contribution is 5.80. The van der Waals surface area contributed by atoms with E-state index in [1.807, 2.05) is 18.2 Å². The molecule has 3 heterocycles. The number of carbonyl (C=O) groups is 2. The second kappa shape index (κ2) is 10.9. The maximum atomic E-state index is 12.1. The SMILES string of the molecule is NC(N)=NCCn1cnc2c(-n3cnc(C[C@H](NC(=O)OCc4ccccc4)C(=O)O)c3)ncnc21. The summed E-state index contributed by atoms with van der Waals surface area (Å²) in [7, 11) is 0. The standard InChI is InChI=1S/C22H24N10O4/c23-21(24)25-6-7-31-13-29-17-18(31)26-11-27-19(17)32-9-15(28-12-32)8-16(20(33)34)30-22(35)36-10-14-4-2-1-3-5-14/h1-5,9,11-13,16H,6-8,10H2,(H,30,35)(H,33,34)(H4,23,24,25)/t16-/m0/s1. The van der Waals surface area contributed by atoms with Gasteiger partial charge in [-0.25, -0.2) is 29.5 Å². The number of nitrogens with zero attached hydrogens (tertiary/aromatic N) is 7. The van der Waals surface area contributed by atoms with Gasteiger partial charge in [0.15, 0.2) is 22.9 Å². The summed E-state index contributed by atoms with van der Waals surface area (Å²) >= 11 is 0. The van der Waals surface area contributed by atoms with Gasteiger partial charge in [0.2, 0.25) is 0 Å². The van der Waals surface area contributed by atoms with Crippen molar-refractivity contribution in [2.75, 3.05) is 6.54 Å². The first-order chi connectivity index (χ1) is 17.4. The van der Waals surface area contributed by atoms with Gasteiger partial charge in [-0.2, -0.15) is 0 Å². The molecule has 0 saturated heterocycles. The lowest BCUT2D eigenvalue weighted by Crippen LogP contribution is -2.42. The molecule has 1 atom stereocenters. The maximum absolute atomic E-state index is 12.1. The molecule has 0 bridgehead atoms. The maximum Gasteiger partial charge on any atom is 0.408 e. The van der Waals surface area contributed by atoms with Crippen molar-refractivity contribution < 1.29 is 19.4 Å². The number of imidazole rings is 2. The van der Waals surface area contributed by atoms with E-state index in [0.717, 1.165) is 5.56 Å². The Labute approximate surface area is 204 Å². The van der Waals surface area contributed by atoms with E-state index in [9.17, 15) is 14.7 Å². The van der Waals surface area contributed by atoms with Gasteiger partial charge in [-0.3, -0.25) is 9.56 Å². The lowest BCUT2D eigenvalue weighted by atomic mass is 10.2. The molecule has 0 radical (unpaired) electrons. The molecular formula is C22H24N10O4. The Bertz CT molecular complexity index is 1380. The van der Waals surface area contributed by atoms with Gasteiger partial charge in [0.1, 0.15) is 25.3 Å². The molecule has 36 heavy (non-hydrogen) atoms. The van der Waals surface area contributed by atoms with E-state index in [4.69, 9.17) is 16.2 Å². The number of nitrogens with one attached hydrogen (secondary N) is 1. The number of hydrogen-bond acceptors (Lipinski definition) is 8. The summed E-state index contributed by atoms with van der Waals surface area (Å²) < 4.78 is 8.52. The first kappa shape index (κ1) is 24.1. The van der Waals surface area contributed by atoms with Gasteiger partial charge in [-0.1, -0.05) is 30.3 Å². The largest absolute Gasteiger partial charge is 0.480 e. The van der Waals surface area contributed by atoms with Crippen molar-refractivity contribution >= 4 is 29.2 Å². The number of carboxylic acids is 1. The molecule has 1 amide bonds. The van der Waals surface area contributed by atoms with Crippen LogP contribution in [0, 0.1) is 0 Å². The van der Waals surface area contributed by atoms with E-state index in [1.54, 1.807) is 33.8 Å². The number of aromatic nitrogens is 6. The van der Waals surface area contributed by atoms with E-state index in [1.165, 1.54) is 12.7 Å². The Hall–Kier alpha value is -5.01. The average molecular weight is 493 g/mol. The third-order valence-electron chi connectivity index (χ3n) is 5.11. The highest BCUT2D eigenvalue weighted by atomic mass is 16.5. The van der Waals surface area contributed by atoms with E-state index in [-0.39, 0.29) is 19.0 Å². The fourth-order valence-electron chi connectivity index (χ4n) is 3.41. The Morgan fingerprint density at radius 3 is 2.67 bits per heavy atom. The molecule has 0 aliphatic heterocycles. The number of fused-ring (bicyclic) bond motifs is 1. The first-order valence-electron chi connectivity index (χ1n) is 10.8. The molecule has 0 fully saturated rings. The van der Waals surface area contributed by atoms with Crippen LogP contribution < -0.4 is 16.8 Å². The quantitative estimate of drug-likeness (QED) is 0.175. The lowest BCUT2D eigenvalue weighted by Gasteiger charge is -2.13. The van der Waals surface area contributed by atoms with Crippen LogP contribution in [0.4, 0.5) is 4.79 Å². The zero-order chi connectivity index (χ0) is 25.5. The monoisotopic (exact) mass is 492 g/mol. The van der Waals surface area contributed by atoms with Crippen molar-refractivity contribution in [2.24, 2.45) is 16.5 Å². The molecule has 0 spiro atoms. The van der Waals surface area contributed by atoms with Crippen LogP contribution in [0.5, 0.6) is 0 Å². The van der Waals surface area contributed by atoms with Crippen LogP contribution in [-0.4, -0.2) is 64.8 Å². The molecule has 186 valence electrons. The number of ether oxygens (including phenoxy) is 1. The van der Waals surface area contributed by atoms with Crippen molar-refractivity contribution in [3.05, 3.63) is 66.8 Å². The normalized spacial score (nSPS) is 11.7. The van der Waals surface area contributed by atoms with Gasteiger partial charge >= 0.3 is 12.1 Å². The molecule has 14 heteroatoms. The van der Waals surface area contributed by atoms with Crippen molar-refractivity contribution in [1.29, 1.82) is 0 Å². The second-order valence-corrected chi connectivity index (χ2v) is 7.69. The molecule has 4 aromatic rings. The summed E-state index contributed by atoms with van der Waals surface area (Å²) in [4.78, 5) is 45.1. The van der Waals surface area contributed by atoms with Crippen molar-refractivity contribution in [3.63, 3.8) is 0 Å². The summed E-state index contributed by atoms with van der Waals surface area (Å²) in [6.07, 6.45) is 5.20. The smallest absolute Gasteiger partial charge is 0.408 e. The third-order valence-corrected chi connectivity index (χ3v) is 5.11. The number of amides is 1. The van der Waals surface area contributed by atoms with E-state index >= 15 is 0 Å². The molecule has 1 aromatic carbocycles.